The van der Waals surface area contributed by atoms with Gasteiger partial charge in [-0.1, -0.05) is 61.6 Å². The number of carbonyl (C=O) groups excluding carboxylic acids is 1. The number of nitrogens with zero attached hydrogens (tertiary/aromatic N) is 2. The fourth-order valence-electron chi connectivity index (χ4n) is 2.63. The van der Waals surface area contributed by atoms with E-state index in [1.54, 1.807) is 41.1 Å². The van der Waals surface area contributed by atoms with E-state index >= 15 is 0 Å². The minimum absolute atomic E-state index is 0.204. The zero-order valence-corrected chi connectivity index (χ0v) is 18.0. The van der Waals surface area contributed by atoms with Gasteiger partial charge in [0.15, 0.2) is 0 Å². The summed E-state index contributed by atoms with van der Waals surface area (Å²) in [7, 11) is 0. The van der Waals surface area contributed by atoms with Crippen LogP contribution in [0.1, 0.15) is 42.5 Å². The summed E-state index contributed by atoms with van der Waals surface area (Å²) in [6.45, 7) is 6.51. The Morgan fingerprint density at radius 1 is 1.00 bits per heavy atom. The summed E-state index contributed by atoms with van der Waals surface area (Å²) in [5, 5.41) is 9.25. The molecule has 0 unspecified atom stereocenters. The summed E-state index contributed by atoms with van der Waals surface area (Å²) in [5.74, 6) is -0.254. The van der Waals surface area contributed by atoms with Gasteiger partial charge in [0, 0.05) is 26.2 Å². The van der Waals surface area contributed by atoms with E-state index in [9.17, 15) is 4.79 Å². The molecule has 0 spiro atoms. The third kappa shape index (κ3) is 4.88. The maximum atomic E-state index is 12.9. The van der Waals surface area contributed by atoms with E-state index in [2.05, 4.69) is 31.2 Å². The van der Waals surface area contributed by atoms with Crippen molar-refractivity contribution in [3.63, 3.8) is 0 Å². The molecule has 1 aromatic heterocycles. The molecule has 2 aromatic carbocycles. The summed E-state index contributed by atoms with van der Waals surface area (Å²) in [4.78, 5) is 12.9. The fourth-order valence-corrected chi connectivity index (χ4v) is 3.22. The number of anilines is 1. The van der Waals surface area contributed by atoms with Crippen LogP contribution in [0.4, 0.5) is 5.69 Å². The maximum absolute atomic E-state index is 12.9. The third-order valence-corrected chi connectivity index (χ3v) is 5.06. The van der Waals surface area contributed by atoms with Gasteiger partial charge in [0.05, 0.1) is 12.2 Å². The first-order chi connectivity index (χ1) is 13.1. The molecule has 0 bridgehead atoms. The molecule has 0 aliphatic heterocycles. The van der Waals surface area contributed by atoms with E-state index in [0.717, 1.165) is 11.3 Å². The molecule has 7 heteroatoms. The highest BCUT2D eigenvalue weighted by Crippen LogP contribution is 2.26. The number of carbonyl (C=O) groups is 1. The van der Waals surface area contributed by atoms with E-state index in [1.807, 2.05) is 12.1 Å². The number of benzene rings is 2. The molecule has 28 heavy (non-hydrogen) atoms. The molecule has 3 aromatic rings. The van der Waals surface area contributed by atoms with Crippen LogP contribution in [0.5, 0.6) is 0 Å². The second-order valence-electron chi connectivity index (χ2n) is 7.52. The molecular weight excluding hydrogens is 417 g/mol. The second-order valence-corrected chi connectivity index (χ2v) is 8.80. The van der Waals surface area contributed by atoms with Crippen molar-refractivity contribution in [3.8, 4) is 0 Å². The van der Waals surface area contributed by atoms with Gasteiger partial charge in [-0.25, -0.2) is 0 Å². The summed E-state index contributed by atoms with van der Waals surface area (Å²) >= 11 is 18.2. The Balaban J connectivity index is 1.95. The standard InChI is InChI=1S/C21H20Cl3N3O/c1-21(2,3)19-11-18(20(28)25-16-8-6-14(22)7-9-16)27(26-19)12-13-4-5-15(23)10-17(13)24/h4-11H,12H2,1-3H3,(H,25,28). The molecule has 0 saturated carbocycles. The molecule has 0 fully saturated rings. The number of aromatic nitrogens is 2. The molecule has 0 atom stereocenters. The van der Waals surface area contributed by atoms with Crippen LogP contribution in [0.3, 0.4) is 0 Å². The largest absolute Gasteiger partial charge is 0.321 e. The van der Waals surface area contributed by atoms with Crippen molar-refractivity contribution in [1.29, 1.82) is 0 Å². The van der Waals surface area contributed by atoms with Crippen LogP contribution in [0.2, 0.25) is 15.1 Å². The molecule has 0 aliphatic carbocycles. The van der Waals surface area contributed by atoms with Crippen molar-refractivity contribution >= 4 is 46.4 Å². The monoisotopic (exact) mass is 435 g/mol. The SMILES string of the molecule is CC(C)(C)c1cc(C(=O)Nc2ccc(Cl)cc2)n(Cc2ccc(Cl)cc2Cl)n1. The Hall–Kier alpha value is -2.01. The van der Waals surface area contributed by atoms with Gasteiger partial charge in [-0.2, -0.15) is 5.10 Å². The number of amides is 1. The zero-order chi connectivity index (χ0) is 20.5. The van der Waals surface area contributed by atoms with Gasteiger partial charge in [0.2, 0.25) is 0 Å². The average molecular weight is 437 g/mol. The highest BCUT2D eigenvalue weighted by atomic mass is 35.5. The first-order valence-corrected chi connectivity index (χ1v) is 9.86. The topological polar surface area (TPSA) is 46.9 Å². The van der Waals surface area contributed by atoms with Gasteiger partial charge >= 0.3 is 0 Å². The molecule has 146 valence electrons. The average Bonchev–Trinajstić information content (AvgIpc) is 3.04. The molecule has 3 rings (SSSR count). The van der Waals surface area contributed by atoms with Gasteiger partial charge in [-0.15, -0.1) is 0 Å². The van der Waals surface area contributed by atoms with Crippen molar-refractivity contribution in [1.82, 2.24) is 9.78 Å². The van der Waals surface area contributed by atoms with Gasteiger partial charge in [-0.3, -0.25) is 9.48 Å². The highest BCUT2D eigenvalue weighted by molar-refractivity contribution is 6.35. The lowest BCUT2D eigenvalue weighted by Crippen LogP contribution is -2.18. The van der Waals surface area contributed by atoms with Crippen molar-refractivity contribution in [2.45, 2.75) is 32.7 Å². The highest BCUT2D eigenvalue weighted by Gasteiger charge is 2.23. The lowest BCUT2D eigenvalue weighted by molar-refractivity contribution is 0.101. The Morgan fingerprint density at radius 3 is 2.25 bits per heavy atom. The number of hydrogen-bond donors (Lipinski definition) is 1. The summed E-state index contributed by atoms with van der Waals surface area (Å²) in [5.41, 5.74) is 2.55. The number of hydrogen-bond acceptors (Lipinski definition) is 2. The van der Waals surface area contributed by atoms with Crippen molar-refractivity contribution in [2.75, 3.05) is 5.32 Å². The number of rotatable bonds is 4. The summed E-state index contributed by atoms with van der Waals surface area (Å²) in [6, 6.07) is 14.1. The van der Waals surface area contributed by atoms with E-state index in [1.165, 1.54) is 0 Å². The first-order valence-electron chi connectivity index (χ1n) is 8.72. The summed E-state index contributed by atoms with van der Waals surface area (Å²) < 4.78 is 1.67. The van der Waals surface area contributed by atoms with Crippen molar-refractivity contribution < 1.29 is 4.79 Å². The summed E-state index contributed by atoms with van der Waals surface area (Å²) in [6.07, 6.45) is 0. The molecule has 1 N–H and O–H groups in total. The van der Waals surface area contributed by atoms with Gasteiger partial charge in [-0.05, 0) is 48.0 Å². The van der Waals surface area contributed by atoms with Crippen LogP contribution >= 0.6 is 34.8 Å². The van der Waals surface area contributed by atoms with E-state index < -0.39 is 0 Å². The molecule has 0 aliphatic rings. The quantitative estimate of drug-likeness (QED) is 0.511. The third-order valence-electron chi connectivity index (χ3n) is 4.22. The lowest BCUT2D eigenvalue weighted by Gasteiger charge is -2.14. The Bertz CT molecular complexity index is 1000. The van der Waals surface area contributed by atoms with Crippen LogP contribution in [0, 0.1) is 0 Å². The van der Waals surface area contributed by atoms with Gasteiger partial charge in [0.25, 0.3) is 5.91 Å². The Morgan fingerprint density at radius 2 is 1.64 bits per heavy atom. The molecule has 1 amide bonds. The predicted molar refractivity (Wildman–Crippen MR) is 116 cm³/mol. The van der Waals surface area contributed by atoms with E-state index in [0.29, 0.717) is 33.0 Å². The molecule has 0 radical (unpaired) electrons. The Kier molecular flexibility index (Phi) is 6.04. The lowest BCUT2D eigenvalue weighted by atomic mass is 9.92. The van der Waals surface area contributed by atoms with Gasteiger partial charge in [0.1, 0.15) is 5.69 Å². The first kappa shape index (κ1) is 20.7. The normalized spacial score (nSPS) is 11.5. The van der Waals surface area contributed by atoms with E-state index in [-0.39, 0.29) is 11.3 Å². The van der Waals surface area contributed by atoms with Gasteiger partial charge < -0.3 is 5.32 Å². The fraction of sp³-hybridized carbons (Fsp3) is 0.238. The smallest absolute Gasteiger partial charge is 0.273 e. The number of nitrogens with one attached hydrogen (secondary N) is 1. The van der Waals surface area contributed by atoms with Crippen LogP contribution in [-0.4, -0.2) is 15.7 Å². The molecule has 0 saturated heterocycles. The minimum Gasteiger partial charge on any atom is -0.321 e. The van der Waals surface area contributed by atoms with Crippen LogP contribution in [0.15, 0.2) is 48.5 Å². The second kappa shape index (κ2) is 8.16. The molecule has 1 heterocycles. The van der Waals surface area contributed by atoms with Crippen LogP contribution in [0.25, 0.3) is 0 Å². The maximum Gasteiger partial charge on any atom is 0.273 e. The van der Waals surface area contributed by atoms with E-state index in [4.69, 9.17) is 34.8 Å². The predicted octanol–water partition coefficient (Wildman–Crippen LogP) is 6.44. The zero-order valence-electron chi connectivity index (χ0n) is 15.8. The molecule has 4 nitrogen and oxygen atoms in total. The van der Waals surface area contributed by atoms with Crippen molar-refractivity contribution in [2.24, 2.45) is 0 Å². The van der Waals surface area contributed by atoms with Crippen LogP contribution in [-0.2, 0) is 12.0 Å². The van der Waals surface area contributed by atoms with Crippen molar-refractivity contribution in [3.05, 3.63) is 80.6 Å². The minimum atomic E-state index is -0.254. The molecular formula is C21H20Cl3N3O. The Labute approximate surface area is 179 Å². The number of halogens is 3. The van der Waals surface area contributed by atoms with Crippen LogP contribution < -0.4 is 5.32 Å².